The molecule has 0 radical (unpaired) electrons. The Morgan fingerprint density at radius 2 is 2.06 bits per heavy atom. The SMILES string of the molecule is C=C(CCCc1ccc(Cl)c(Cl)c1)C(=O)OC. The molecule has 1 aromatic carbocycles. The molecule has 0 saturated carbocycles. The Balaban J connectivity index is 2.43. The Morgan fingerprint density at radius 1 is 1.35 bits per heavy atom. The van der Waals surface area contributed by atoms with Gasteiger partial charge < -0.3 is 4.74 Å². The second kappa shape index (κ2) is 6.67. The van der Waals surface area contributed by atoms with Crippen LogP contribution in [0, 0.1) is 0 Å². The van der Waals surface area contributed by atoms with Crippen LogP contribution in [0.25, 0.3) is 0 Å². The Kier molecular flexibility index (Phi) is 5.52. The third kappa shape index (κ3) is 4.41. The minimum Gasteiger partial charge on any atom is -0.466 e. The third-order valence-electron chi connectivity index (χ3n) is 2.40. The fraction of sp³-hybridized carbons (Fsp3) is 0.308. The highest BCUT2D eigenvalue weighted by Crippen LogP contribution is 2.23. The lowest BCUT2D eigenvalue weighted by Gasteiger charge is -2.05. The maximum absolute atomic E-state index is 11.1. The van der Waals surface area contributed by atoms with E-state index >= 15 is 0 Å². The van der Waals surface area contributed by atoms with Crippen molar-refractivity contribution in [1.29, 1.82) is 0 Å². The molecule has 2 nitrogen and oxygen atoms in total. The number of hydrogen-bond donors (Lipinski definition) is 0. The fourth-order valence-corrected chi connectivity index (χ4v) is 1.77. The van der Waals surface area contributed by atoms with Crippen LogP contribution in [0.2, 0.25) is 10.0 Å². The molecule has 0 amide bonds. The minimum absolute atomic E-state index is 0.348. The van der Waals surface area contributed by atoms with Gasteiger partial charge in [-0.1, -0.05) is 35.8 Å². The summed E-state index contributed by atoms with van der Waals surface area (Å²) < 4.78 is 4.57. The fourth-order valence-electron chi connectivity index (χ4n) is 1.45. The summed E-state index contributed by atoms with van der Waals surface area (Å²) in [6.07, 6.45) is 2.27. The zero-order valence-corrected chi connectivity index (χ0v) is 11.1. The molecule has 0 heterocycles. The molecule has 0 aromatic heterocycles. The maximum Gasteiger partial charge on any atom is 0.333 e. The molecule has 92 valence electrons. The molecule has 0 unspecified atom stereocenters. The first-order valence-corrected chi connectivity index (χ1v) is 6.00. The predicted molar refractivity (Wildman–Crippen MR) is 70.6 cm³/mol. The number of esters is 1. The number of ether oxygens (including phenoxy) is 1. The summed E-state index contributed by atoms with van der Waals surface area (Å²) in [6.45, 7) is 3.67. The van der Waals surface area contributed by atoms with Gasteiger partial charge in [-0.3, -0.25) is 0 Å². The second-order valence-corrected chi connectivity index (χ2v) is 4.51. The van der Waals surface area contributed by atoms with Gasteiger partial charge in [0, 0.05) is 5.57 Å². The Morgan fingerprint density at radius 3 is 2.65 bits per heavy atom. The lowest BCUT2D eigenvalue weighted by molar-refractivity contribution is -0.136. The summed E-state index contributed by atoms with van der Waals surface area (Å²) >= 11 is 11.7. The van der Waals surface area contributed by atoms with E-state index < -0.39 is 0 Å². The van der Waals surface area contributed by atoms with Gasteiger partial charge in [-0.2, -0.15) is 0 Å². The van der Waals surface area contributed by atoms with Crippen molar-refractivity contribution in [2.24, 2.45) is 0 Å². The van der Waals surface area contributed by atoms with E-state index in [1.807, 2.05) is 12.1 Å². The summed E-state index contributed by atoms with van der Waals surface area (Å²) in [5.74, 6) is -0.348. The molecule has 0 N–H and O–H groups in total. The standard InChI is InChI=1S/C13H14Cl2O2/c1-9(13(16)17-2)4-3-5-10-6-7-11(14)12(15)8-10/h6-8H,1,3-5H2,2H3. The number of benzene rings is 1. The van der Waals surface area contributed by atoms with Gasteiger partial charge in [0.25, 0.3) is 0 Å². The first kappa shape index (κ1) is 14.1. The largest absolute Gasteiger partial charge is 0.466 e. The summed E-state index contributed by atoms with van der Waals surface area (Å²) in [6, 6.07) is 5.54. The van der Waals surface area contributed by atoms with E-state index in [9.17, 15) is 4.79 Å². The molecule has 0 aliphatic rings. The van der Waals surface area contributed by atoms with E-state index in [0.717, 1.165) is 18.4 Å². The second-order valence-electron chi connectivity index (χ2n) is 3.70. The van der Waals surface area contributed by atoms with Crippen molar-refractivity contribution >= 4 is 29.2 Å². The number of rotatable bonds is 5. The highest BCUT2D eigenvalue weighted by Gasteiger charge is 2.06. The number of hydrogen-bond acceptors (Lipinski definition) is 2. The van der Waals surface area contributed by atoms with E-state index in [2.05, 4.69) is 11.3 Å². The van der Waals surface area contributed by atoms with Gasteiger partial charge in [-0.05, 0) is 37.0 Å². The topological polar surface area (TPSA) is 26.3 Å². The number of carbonyl (C=O) groups excluding carboxylic acids is 1. The Hall–Kier alpha value is -0.990. The van der Waals surface area contributed by atoms with Crippen molar-refractivity contribution in [3.8, 4) is 0 Å². The number of carbonyl (C=O) groups is 1. The summed E-state index contributed by atoms with van der Waals surface area (Å²) in [5.41, 5.74) is 1.59. The molecule has 1 rings (SSSR count). The average Bonchev–Trinajstić information content (AvgIpc) is 2.32. The van der Waals surface area contributed by atoms with E-state index in [-0.39, 0.29) is 5.97 Å². The number of methoxy groups -OCH3 is 1. The molecule has 0 aliphatic heterocycles. The van der Waals surface area contributed by atoms with Crippen LogP contribution in [0.1, 0.15) is 18.4 Å². The summed E-state index contributed by atoms with van der Waals surface area (Å²) in [7, 11) is 1.35. The first-order chi connectivity index (χ1) is 8.04. The summed E-state index contributed by atoms with van der Waals surface area (Å²) in [4.78, 5) is 11.1. The van der Waals surface area contributed by atoms with Gasteiger partial charge in [-0.15, -0.1) is 0 Å². The van der Waals surface area contributed by atoms with Gasteiger partial charge in [0.2, 0.25) is 0 Å². The monoisotopic (exact) mass is 272 g/mol. The van der Waals surface area contributed by atoms with Crippen LogP contribution in [-0.2, 0) is 16.0 Å². The van der Waals surface area contributed by atoms with Crippen molar-refractivity contribution in [3.63, 3.8) is 0 Å². The van der Waals surface area contributed by atoms with Crippen molar-refractivity contribution in [2.45, 2.75) is 19.3 Å². The molecule has 0 aliphatic carbocycles. The molecule has 0 fully saturated rings. The Bertz CT molecular complexity index is 427. The van der Waals surface area contributed by atoms with Crippen LogP contribution in [0.4, 0.5) is 0 Å². The van der Waals surface area contributed by atoms with Gasteiger partial charge >= 0.3 is 5.97 Å². The van der Waals surface area contributed by atoms with E-state index in [1.165, 1.54) is 7.11 Å². The van der Waals surface area contributed by atoms with Crippen molar-refractivity contribution in [1.82, 2.24) is 0 Å². The number of aryl methyl sites for hydroxylation is 1. The van der Waals surface area contributed by atoms with Gasteiger partial charge in [0.1, 0.15) is 0 Å². The van der Waals surface area contributed by atoms with Crippen molar-refractivity contribution in [2.75, 3.05) is 7.11 Å². The highest BCUT2D eigenvalue weighted by atomic mass is 35.5. The molecule has 0 saturated heterocycles. The summed E-state index contributed by atoms with van der Waals surface area (Å²) in [5, 5.41) is 1.10. The zero-order valence-electron chi connectivity index (χ0n) is 9.63. The Labute approximate surface area is 111 Å². The predicted octanol–water partition coefficient (Wildman–Crippen LogP) is 4.05. The van der Waals surface area contributed by atoms with E-state index in [0.29, 0.717) is 22.0 Å². The zero-order chi connectivity index (χ0) is 12.8. The molecule has 0 spiro atoms. The van der Waals surface area contributed by atoms with Crippen LogP contribution < -0.4 is 0 Å². The van der Waals surface area contributed by atoms with Crippen LogP contribution in [0.15, 0.2) is 30.4 Å². The molecule has 0 bridgehead atoms. The normalized spacial score (nSPS) is 10.1. The lowest BCUT2D eigenvalue weighted by atomic mass is 10.1. The van der Waals surface area contributed by atoms with E-state index in [1.54, 1.807) is 6.07 Å². The lowest BCUT2D eigenvalue weighted by Crippen LogP contribution is -2.03. The first-order valence-electron chi connectivity index (χ1n) is 5.24. The molecule has 1 aromatic rings. The van der Waals surface area contributed by atoms with Gasteiger partial charge in [0.15, 0.2) is 0 Å². The maximum atomic E-state index is 11.1. The molecule has 17 heavy (non-hydrogen) atoms. The average molecular weight is 273 g/mol. The molecular weight excluding hydrogens is 259 g/mol. The van der Waals surface area contributed by atoms with Crippen molar-refractivity contribution in [3.05, 3.63) is 46.0 Å². The van der Waals surface area contributed by atoms with Crippen LogP contribution >= 0.6 is 23.2 Å². The highest BCUT2D eigenvalue weighted by molar-refractivity contribution is 6.42. The number of halogens is 2. The molecular formula is C13H14Cl2O2. The van der Waals surface area contributed by atoms with Crippen LogP contribution in [0.3, 0.4) is 0 Å². The van der Waals surface area contributed by atoms with Crippen LogP contribution in [-0.4, -0.2) is 13.1 Å². The molecule has 0 atom stereocenters. The van der Waals surface area contributed by atoms with Gasteiger partial charge in [-0.25, -0.2) is 4.79 Å². The van der Waals surface area contributed by atoms with Crippen LogP contribution in [0.5, 0.6) is 0 Å². The van der Waals surface area contributed by atoms with Gasteiger partial charge in [0.05, 0.1) is 17.2 Å². The van der Waals surface area contributed by atoms with Crippen molar-refractivity contribution < 1.29 is 9.53 Å². The quantitative estimate of drug-likeness (QED) is 0.597. The van der Waals surface area contributed by atoms with E-state index in [4.69, 9.17) is 23.2 Å². The molecule has 4 heteroatoms. The minimum atomic E-state index is -0.348. The smallest absolute Gasteiger partial charge is 0.333 e. The third-order valence-corrected chi connectivity index (χ3v) is 3.14.